The number of aliphatic hydroxyl groups excluding tert-OH is 2. The molecule has 0 bridgehead atoms. The molecule has 0 aromatic heterocycles. The highest BCUT2D eigenvalue weighted by Crippen LogP contribution is 2.24. The SMILES string of the molecule is C=CCC(C)C(CC=C)CC(O)CO. The van der Waals surface area contributed by atoms with Gasteiger partial charge in [0.25, 0.3) is 0 Å². The first-order chi connectivity index (χ1) is 6.65. The van der Waals surface area contributed by atoms with Gasteiger partial charge in [-0.2, -0.15) is 0 Å². The van der Waals surface area contributed by atoms with Crippen LogP contribution in [-0.2, 0) is 0 Å². The normalized spacial score (nSPS) is 17.1. The summed E-state index contributed by atoms with van der Waals surface area (Å²) in [7, 11) is 0. The molecule has 0 aliphatic carbocycles. The van der Waals surface area contributed by atoms with E-state index in [1.165, 1.54) is 0 Å². The molecule has 0 rings (SSSR count). The van der Waals surface area contributed by atoms with Crippen LogP contribution in [-0.4, -0.2) is 22.9 Å². The number of aliphatic hydroxyl groups is 2. The van der Waals surface area contributed by atoms with Gasteiger partial charge in [0.2, 0.25) is 0 Å². The number of allylic oxidation sites excluding steroid dienone is 2. The van der Waals surface area contributed by atoms with Gasteiger partial charge in [-0.05, 0) is 31.1 Å². The van der Waals surface area contributed by atoms with Crippen LogP contribution in [0.3, 0.4) is 0 Å². The minimum Gasteiger partial charge on any atom is -0.394 e. The van der Waals surface area contributed by atoms with Crippen molar-refractivity contribution < 1.29 is 10.2 Å². The van der Waals surface area contributed by atoms with E-state index in [1.54, 1.807) is 0 Å². The zero-order valence-corrected chi connectivity index (χ0v) is 9.02. The molecule has 0 aromatic carbocycles. The lowest BCUT2D eigenvalue weighted by Gasteiger charge is -2.23. The topological polar surface area (TPSA) is 40.5 Å². The van der Waals surface area contributed by atoms with E-state index in [9.17, 15) is 5.11 Å². The second-order valence-corrected chi connectivity index (χ2v) is 3.86. The van der Waals surface area contributed by atoms with Gasteiger partial charge >= 0.3 is 0 Å². The van der Waals surface area contributed by atoms with Gasteiger partial charge < -0.3 is 10.2 Å². The first kappa shape index (κ1) is 13.4. The van der Waals surface area contributed by atoms with E-state index in [1.807, 2.05) is 12.2 Å². The lowest BCUT2D eigenvalue weighted by molar-refractivity contribution is 0.0661. The molecule has 0 saturated carbocycles. The molecule has 3 unspecified atom stereocenters. The summed E-state index contributed by atoms with van der Waals surface area (Å²) in [4.78, 5) is 0. The number of rotatable bonds is 8. The Balaban J connectivity index is 4.11. The van der Waals surface area contributed by atoms with Crippen LogP contribution in [0.1, 0.15) is 26.2 Å². The highest BCUT2D eigenvalue weighted by molar-refractivity contribution is 4.82. The van der Waals surface area contributed by atoms with Crippen LogP contribution >= 0.6 is 0 Å². The third-order valence-corrected chi connectivity index (χ3v) is 2.60. The average Bonchev–Trinajstić information content (AvgIpc) is 2.17. The molecule has 82 valence electrons. The maximum absolute atomic E-state index is 9.36. The molecule has 14 heavy (non-hydrogen) atoms. The van der Waals surface area contributed by atoms with Crippen molar-refractivity contribution >= 4 is 0 Å². The minimum atomic E-state index is -0.604. The van der Waals surface area contributed by atoms with Gasteiger partial charge in [0.05, 0.1) is 12.7 Å². The lowest BCUT2D eigenvalue weighted by atomic mass is 9.84. The summed E-state index contributed by atoms with van der Waals surface area (Å²) in [5.41, 5.74) is 0. The van der Waals surface area contributed by atoms with Crippen LogP contribution < -0.4 is 0 Å². The van der Waals surface area contributed by atoms with Gasteiger partial charge in [0.1, 0.15) is 0 Å². The average molecular weight is 198 g/mol. The Morgan fingerprint density at radius 2 is 1.79 bits per heavy atom. The zero-order chi connectivity index (χ0) is 11.0. The van der Waals surface area contributed by atoms with Gasteiger partial charge in [-0.1, -0.05) is 19.1 Å². The second-order valence-electron chi connectivity index (χ2n) is 3.86. The Bertz CT molecular complexity index is 166. The maximum Gasteiger partial charge on any atom is 0.0773 e. The fourth-order valence-corrected chi connectivity index (χ4v) is 1.65. The smallest absolute Gasteiger partial charge is 0.0773 e. The summed E-state index contributed by atoms with van der Waals surface area (Å²) in [6.07, 6.45) is 5.62. The van der Waals surface area contributed by atoms with E-state index in [0.29, 0.717) is 18.3 Å². The Morgan fingerprint density at radius 1 is 1.21 bits per heavy atom. The lowest BCUT2D eigenvalue weighted by Crippen LogP contribution is -2.21. The standard InChI is InChI=1S/C12H22O2/c1-4-6-10(3)11(7-5-2)8-12(14)9-13/h4-5,10-14H,1-2,6-9H2,3H3. The van der Waals surface area contributed by atoms with E-state index >= 15 is 0 Å². The summed E-state index contributed by atoms with van der Waals surface area (Å²) >= 11 is 0. The molecule has 0 aliphatic heterocycles. The largest absolute Gasteiger partial charge is 0.394 e. The van der Waals surface area contributed by atoms with E-state index in [4.69, 9.17) is 5.11 Å². The maximum atomic E-state index is 9.36. The molecule has 0 saturated heterocycles. The number of hydrogen-bond acceptors (Lipinski definition) is 2. The first-order valence-electron chi connectivity index (χ1n) is 5.16. The highest BCUT2D eigenvalue weighted by Gasteiger charge is 2.18. The zero-order valence-electron chi connectivity index (χ0n) is 9.02. The molecule has 0 amide bonds. The molecular weight excluding hydrogens is 176 g/mol. The Kier molecular flexibility index (Phi) is 7.44. The molecule has 0 aliphatic rings. The molecule has 0 aromatic rings. The number of hydrogen-bond donors (Lipinski definition) is 2. The van der Waals surface area contributed by atoms with E-state index in [2.05, 4.69) is 20.1 Å². The second kappa shape index (κ2) is 7.77. The van der Waals surface area contributed by atoms with E-state index in [0.717, 1.165) is 12.8 Å². The van der Waals surface area contributed by atoms with Crippen molar-refractivity contribution in [2.75, 3.05) is 6.61 Å². The molecule has 0 fully saturated rings. The molecule has 2 nitrogen and oxygen atoms in total. The summed E-state index contributed by atoms with van der Waals surface area (Å²) in [6, 6.07) is 0. The van der Waals surface area contributed by atoms with Crippen molar-refractivity contribution in [1.29, 1.82) is 0 Å². The Labute approximate surface area is 87.0 Å². The van der Waals surface area contributed by atoms with E-state index < -0.39 is 6.10 Å². The predicted molar refractivity (Wildman–Crippen MR) is 60.0 cm³/mol. The van der Waals surface area contributed by atoms with Crippen molar-refractivity contribution in [1.82, 2.24) is 0 Å². The van der Waals surface area contributed by atoms with Crippen molar-refractivity contribution in [2.24, 2.45) is 11.8 Å². The van der Waals surface area contributed by atoms with Crippen LogP contribution in [0.4, 0.5) is 0 Å². The van der Waals surface area contributed by atoms with Crippen LogP contribution in [0.15, 0.2) is 25.3 Å². The first-order valence-corrected chi connectivity index (χ1v) is 5.16. The van der Waals surface area contributed by atoms with Gasteiger partial charge in [-0.25, -0.2) is 0 Å². The van der Waals surface area contributed by atoms with Crippen molar-refractivity contribution in [2.45, 2.75) is 32.3 Å². The van der Waals surface area contributed by atoms with Gasteiger partial charge in [-0.15, -0.1) is 13.2 Å². The Morgan fingerprint density at radius 3 is 2.21 bits per heavy atom. The van der Waals surface area contributed by atoms with Crippen LogP contribution in [0.2, 0.25) is 0 Å². The highest BCUT2D eigenvalue weighted by atomic mass is 16.3. The molecule has 2 N–H and O–H groups in total. The predicted octanol–water partition coefficient (Wildman–Crippen LogP) is 2.13. The van der Waals surface area contributed by atoms with Crippen LogP contribution in [0.25, 0.3) is 0 Å². The van der Waals surface area contributed by atoms with Crippen molar-refractivity contribution in [3.63, 3.8) is 0 Å². The third-order valence-electron chi connectivity index (χ3n) is 2.60. The van der Waals surface area contributed by atoms with Crippen molar-refractivity contribution in [3.8, 4) is 0 Å². The van der Waals surface area contributed by atoms with E-state index in [-0.39, 0.29) is 6.61 Å². The van der Waals surface area contributed by atoms with Gasteiger partial charge in [-0.3, -0.25) is 0 Å². The molecule has 2 heteroatoms. The Hall–Kier alpha value is -0.600. The quantitative estimate of drug-likeness (QED) is 0.587. The van der Waals surface area contributed by atoms with Gasteiger partial charge in [0, 0.05) is 0 Å². The van der Waals surface area contributed by atoms with Crippen LogP contribution in [0.5, 0.6) is 0 Å². The third kappa shape index (κ3) is 5.20. The molecule has 0 heterocycles. The summed E-state index contributed by atoms with van der Waals surface area (Å²) in [5, 5.41) is 18.1. The summed E-state index contributed by atoms with van der Waals surface area (Å²) in [5.74, 6) is 0.861. The minimum absolute atomic E-state index is 0.158. The van der Waals surface area contributed by atoms with Crippen LogP contribution in [0, 0.1) is 11.8 Å². The summed E-state index contributed by atoms with van der Waals surface area (Å²) in [6.45, 7) is 9.39. The molecule has 0 spiro atoms. The fourth-order valence-electron chi connectivity index (χ4n) is 1.65. The van der Waals surface area contributed by atoms with Gasteiger partial charge in [0.15, 0.2) is 0 Å². The molecule has 3 atom stereocenters. The fraction of sp³-hybridized carbons (Fsp3) is 0.667. The molecule has 0 radical (unpaired) electrons. The molecular formula is C12H22O2. The monoisotopic (exact) mass is 198 g/mol. The summed E-state index contributed by atoms with van der Waals surface area (Å²) < 4.78 is 0. The van der Waals surface area contributed by atoms with Crippen molar-refractivity contribution in [3.05, 3.63) is 25.3 Å².